The van der Waals surface area contributed by atoms with Gasteiger partial charge < -0.3 is 5.32 Å². The van der Waals surface area contributed by atoms with E-state index in [2.05, 4.69) is 46.7 Å². The lowest BCUT2D eigenvalue weighted by molar-refractivity contribution is 0.327. The first-order chi connectivity index (χ1) is 9.78. The maximum atomic E-state index is 4.39. The van der Waals surface area contributed by atoms with Crippen LogP contribution in [-0.2, 0) is 0 Å². The lowest BCUT2D eigenvalue weighted by atomic mass is 9.84. The van der Waals surface area contributed by atoms with Gasteiger partial charge in [-0.2, -0.15) is 5.10 Å². The third kappa shape index (κ3) is 2.62. The molecule has 0 radical (unpaired) electrons. The molecule has 1 aliphatic carbocycles. The number of fused-ring (bicyclic) bond motifs is 1. The van der Waals surface area contributed by atoms with Crippen LogP contribution < -0.4 is 5.32 Å². The molecule has 1 aliphatic rings. The van der Waals surface area contributed by atoms with Crippen molar-refractivity contribution in [3.63, 3.8) is 0 Å². The van der Waals surface area contributed by atoms with E-state index in [4.69, 9.17) is 0 Å². The molecule has 1 aromatic heterocycles. The summed E-state index contributed by atoms with van der Waals surface area (Å²) in [5.41, 5.74) is 1.00. The fraction of sp³-hybridized carbons (Fsp3) is 0.529. The topological polar surface area (TPSA) is 37.8 Å². The van der Waals surface area contributed by atoms with Crippen molar-refractivity contribution in [2.24, 2.45) is 5.92 Å². The summed E-state index contributed by atoms with van der Waals surface area (Å²) in [5.74, 6) is 1.82. The summed E-state index contributed by atoms with van der Waals surface area (Å²) in [6, 6.07) is 8.95. The zero-order valence-corrected chi connectivity index (χ0v) is 12.4. The van der Waals surface area contributed by atoms with Crippen LogP contribution >= 0.6 is 0 Å². The highest BCUT2D eigenvalue weighted by atomic mass is 15.2. The second kappa shape index (κ2) is 5.78. The summed E-state index contributed by atoms with van der Waals surface area (Å²) in [6.07, 6.45) is 6.52. The van der Waals surface area contributed by atoms with Crippen molar-refractivity contribution in [2.75, 3.05) is 5.32 Å². The molecule has 2 atom stereocenters. The van der Waals surface area contributed by atoms with E-state index in [-0.39, 0.29) is 0 Å². The molecule has 106 valence electrons. The second-order valence-corrected chi connectivity index (χ2v) is 5.96. The SMILES string of the molecule is CCC1CCCC(Nc2nnc(C)c3ccccc23)C1. The minimum absolute atomic E-state index is 0.550. The molecule has 0 spiro atoms. The molecule has 3 heteroatoms. The van der Waals surface area contributed by atoms with Gasteiger partial charge in [0.05, 0.1) is 5.69 Å². The molecule has 0 aliphatic heterocycles. The number of anilines is 1. The Labute approximate surface area is 120 Å². The largest absolute Gasteiger partial charge is 0.365 e. The highest BCUT2D eigenvalue weighted by Crippen LogP contribution is 2.30. The Balaban J connectivity index is 1.86. The summed E-state index contributed by atoms with van der Waals surface area (Å²) in [6.45, 7) is 4.32. The zero-order chi connectivity index (χ0) is 13.9. The monoisotopic (exact) mass is 269 g/mol. The van der Waals surface area contributed by atoms with Crippen molar-refractivity contribution < 1.29 is 0 Å². The maximum absolute atomic E-state index is 4.39. The quantitative estimate of drug-likeness (QED) is 0.901. The van der Waals surface area contributed by atoms with E-state index < -0.39 is 0 Å². The van der Waals surface area contributed by atoms with Crippen LogP contribution in [0.25, 0.3) is 10.8 Å². The molecule has 1 heterocycles. The third-order valence-corrected chi connectivity index (χ3v) is 4.57. The Morgan fingerprint density at radius 2 is 1.95 bits per heavy atom. The molecular weight excluding hydrogens is 246 g/mol. The van der Waals surface area contributed by atoms with Crippen LogP contribution in [-0.4, -0.2) is 16.2 Å². The van der Waals surface area contributed by atoms with Crippen molar-refractivity contribution >= 4 is 16.6 Å². The highest BCUT2D eigenvalue weighted by molar-refractivity contribution is 5.92. The Bertz CT molecular complexity index is 594. The van der Waals surface area contributed by atoms with Crippen molar-refractivity contribution in [1.29, 1.82) is 0 Å². The molecule has 0 bridgehead atoms. The molecule has 3 rings (SSSR count). The number of hydrogen-bond donors (Lipinski definition) is 1. The molecule has 2 unspecified atom stereocenters. The zero-order valence-electron chi connectivity index (χ0n) is 12.4. The minimum Gasteiger partial charge on any atom is -0.365 e. The molecule has 2 aromatic rings. The first kappa shape index (κ1) is 13.3. The van der Waals surface area contributed by atoms with Gasteiger partial charge >= 0.3 is 0 Å². The summed E-state index contributed by atoms with van der Waals surface area (Å²) < 4.78 is 0. The Morgan fingerprint density at radius 3 is 2.75 bits per heavy atom. The Hall–Kier alpha value is -1.64. The summed E-state index contributed by atoms with van der Waals surface area (Å²) in [4.78, 5) is 0. The molecular formula is C17H23N3. The van der Waals surface area contributed by atoms with Gasteiger partial charge in [0.1, 0.15) is 0 Å². The van der Waals surface area contributed by atoms with E-state index in [0.29, 0.717) is 6.04 Å². The molecule has 20 heavy (non-hydrogen) atoms. The van der Waals surface area contributed by atoms with E-state index in [1.165, 1.54) is 42.9 Å². The molecule has 1 aromatic carbocycles. The van der Waals surface area contributed by atoms with Crippen molar-refractivity contribution in [1.82, 2.24) is 10.2 Å². The Kier molecular flexibility index (Phi) is 3.86. The molecule has 1 saturated carbocycles. The van der Waals surface area contributed by atoms with Gasteiger partial charge in [-0.3, -0.25) is 0 Å². The van der Waals surface area contributed by atoms with Crippen LogP contribution in [0, 0.1) is 12.8 Å². The highest BCUT2D eigenvalue weighted by Gasteiger charge is 2.21. The van der Waals surface area contributed by atoms with Gasteiger partial charge in [-0.1, -0.05) is 50.5 Å². The predicted molar refractivity (Wildman–Crippen MR) is 83.9 cm³/mol. The standard InChI is InChI=1S/C17H23N3/c1-3-13-7-6-8-14(11-13)18-17-16-10-5-4-9-15(16)12(2)19-20-17/h4-5,9-10,13-14H,3,6-8,11H2,1-2H3,(H,18,20). The lowest BCUT2D eigenvalue weighted by Crippen LogP contribution is -2.27. The number of rotatable bonds is 3. The summed E-state index contributed by atoms with van der Waals surface area (Å²) >= 11 is 0. The number of hydrogen-bond acceptors (Lipinski definition) is 3. The van der Waals surface area contributed by atoms with Crippen LogP contribution in [0.4, 0.5) is 5.82 Å². The number of nitrogens with one attached hydrogen (secondary N) is 1. The molecule has 0 amide bonds. The van der Waals surface area contributed by atoms with Gasteiger partial charge in [-0.15, -0.1) is 5.10 Å². The van der Waals surface area contributed by atoms with Crippen molar-refractivity contribution in [3.05, 3.63) is 30.0 Å². The average Bonchev–Trinajstić information content (AvgIpc) is 2.51. The fourth-order valence-corrected chi connectivity index (χ4v) is 3.33. The van der Waals surface area contributed by atoms with Crippen LogP contribution in [0.5, 0.6) is 0 Å². The number of benzene rings is 1. The van der Waals surface area contributed by atoms with E-state index in [0.717, 1.165) is 17.4 Å². The average molecular weight is 269 g/mol. The van der Waals surface area contributed by atoms with Crippen LogP contribution in [0.3, 0.4) is 0 Å². The number of nitrogens with zero attached hydrogens (tertiary/aromatic N) is 2. The molecule has 0 saturated heterocycles. The number of aromatic nitrogens is 2. The summed E-state index contributed by atoms with van der Waals surface area (Å²) in [7, 11) is 0. The predicted octanol–water partition coefficient (Wildman–Crippen LogP) is 4.32. The van der Waals surface area contributed by atoms with Crippen LogP contribution in [0.15, 0.2) is 24.3 Å². The smallest absolute Gasteiger partial charge is 0.156 e. The van der Waals surface area contributed by atoms with Crippen LogP contribution in [0.1, 0.15) is 44.7 Å². The van der Waals surface area contributed by atoms with E-state index in [1.807, 2.05) is 6.92 Å². The summed E-state index contributed by atoms with van der Waals surface area (Å²) in [5, 5.41) is 14.7. The van der Waals surface area contributed by atoms with Gasteiger partial charge in [-0.25, -0.2) is 0 Å². The number of aryl methyl sites for hydroxylation is 1. The van der Waals surface area contributed by atoms with Gasteiger partial charge in [-0.05, 0) is 25.7 Å². The Morgan fingerprint density at radius 1 is 1.15 bits per heavy atom. The van der Waals surface area contributed by atoms with E-state index >= 15 is 0 Å². The second-order valence-electron chi connectivity index (χ2n) is 5.96. The molecule has 1 fully saturated rings. The van der Waals surface area contributed by atoms with Gasteiger partial charge in [0.15, 0.2) is 5.82 Å². The van der Waals surface area contributed by atoms with Gasteiger partial charge in [0.2, 0.25) is 0 Å². The third-order valence-electron chi connectivity index (χ3n) is 4.57. The van der Waals surface area contributed by atoms with E-state index in [1.54, 1.807) is 0 Å². The molecule has 3 nitrogen and oxygen atoms in total. The van der Waals surface area contributed by atoms with Crippen molar-refractivity contribution in [3.8, 4) is 0 Å². The first-order valence-electron chi connectivity index (χ1n) is 7.76. The maximum Gasteiger partial charge on any atom is 0.156 e. The molecule has 1 N–H and O–H groups in total. The van der Waals surface area contributed by atoms with Crippen LogP contribution in [0.2, 0.25) is 0 Å². The first-order valence-corrected chi connectivity index (χ1v) is 7.76. The minimum atomic E-state index is 0.550. The lowest BCUT2D eigenvalue weighted by Gasteiger charge is -2.29. The fourth-order valence-electron chi connectivity index (χ4n) is 3.33. The normalized spacial score (nSPS) is 22.9. The van der Waals surface area contributed by atoms with Gasteiger partial charge in [0.25, 0.3) is 0 Å². The van der Waals surface area contributed by atoms with Crippen molar-refractivity contribution in [2.45, 2.75) is 52.0 Å². The van der Waals surface area contributed by atoms with E-state index in [9.17, 15) is 0 Å². The van der Waals surface area contributed by atoms with Gasteiger partial charge in [0, 0.05) is 16.8 Å².